The maximum absolute atomic E-state index is 12.2. The van der Waals surface area contributed by atoms with Crippen LogP contribution in [0.15, 0.2) is 0 Å². The van der Waals surface area contributed by atoms with Gasteiger partial charge in [0.25, 0.3) is 0 Å². The van der Waals surface area contributed by atoms with Crippen LogP contribution in [0.25, 0.3) is 0 Å². The molecule has 21 heavy (non-hydrogen) atoms. The van der Waals surface area contributed by atoms with Gasteiger partial charge in [-0.25, -0.2) is 4.79 Å². The topological polar surface area (TPSA) is 44.8 Å². The van der Waals surface area contributed by atoms with Crippen LogP contribution in [-0.4, -0.2) is 66.3 Å². The second-order valence-electron chi connectivity index (χ2n) is 7.82. The molecule has 0 aromatic heterocycles. The second-order valence-corrected chi connectivity index (χ2v) is 7.82. The zero-order chi connectivity index (χ0) is 15.0. The summed E-state index contributed by atoms with van der Waals surface area (Å²) < 4.78 is 5.49. The maximum Gasteiger partial charge on any atom is 0.410 e. The average Bonchev–Trinajstić information content (AvgIpc) is 2.44. The Morgan fingerprint density at radius 2 is 1.81 bits per heavy atom. The number of hydrogen-bond acceptors (Lipinski definition) is 4. The molecule has 0 radical (unpaired) electrons. The smallest absolute Gasteiger partial charge is 0.410 e. The molecule has 4 saturated heterocycles. The zero-order valence-electron chi connectivity index (χ0n) is 13.6. The van der Waals surface area contributed by atoms with Gasteiger partial charge in [0.1, 0.15) is 5.60 Å². The van der Waals surface area contributed by atoms with Gasteiger partial charge in [-0.15, -0.1) is 0 Å². The van der Waals surface area contributed by atoms with E-state index >= 15 is 0 Å². The van der Waals surface area contributed by atoms with E-state index in [1.54, 1.807) is 0 Å². The van der Waals surface area contributed by atoms with Crippen molar-refractivity contribution in [3.05, 3.63) is 0 Å². The van der Waals surface area contributed by atoms with E-state index in [-0.39, 0.29) is 6.09 Å². The molecule has 2 unspecified atom stereocenters. The van der Waals surface area contributed by atoms with Crippen molar-refractivity contribution in [3.8, 4) is 0 Å². The molecule has 0 saturated carbocycles. The number of piperidine rings is 2. The number of ether oxygens (including phenoxy) is 1. The lowest BCUT2D eigenvalue weighted by Gasteiger charge is -2.57. The Kier molecular flexibility index (Phi) is 4.14. The molecule has 0 spiro atoms. The van der Waals surface area contributed by atoms with Crippen molar-refractivity contribution < 1.29 is 9.53 Å². The highest BCUT2D eigenvalue weighted by atomic mass is 16.6. The fourth-order valence-electron chi connectivity index (χ4n) is 3.82. The summed E-state index contributed by atoms with van der Waals surface area (Å²) in [6.45, 7) is 11.0. The number of carbonyl (C=O) groups excluding carboxylic acids is 1. The van der Waals surface area contributed by atoms with Crippen LogP contribution < -0.4 is 5.32 Å². The SMILES string of the molecule is CC(C)(C)OC(=O)N1CC2CC(C1)N2CC1CCNCC1. The lowest BCUT2D eigenvalue weighted by atomic mass is 9.85. The third-order valence-corrected chi connectivity index (χ3v) is 4.92. The van der Waals surface area contributed by atoms with E-state index in [4.69, 9.17) is 4.74 Å². The predicted octanol–water partition coefficient (Wildman–Crippen LogP) is 1.68. The minimum atomic E-state index is -0.395. The van der Waals surface area contributed by atoms with Crippen molar-refractivity contribution in [1.82, 2.24) is 15.1 Å². The van der Waals surface area contributed by atoms with Crippen molar-refractivity contribution in [2.75, 3.05) is 32.7 Å². The minimum absolute atomic E-state index is 0.140. The molecule has 2 atom stereocenters. The van der Waals surface area contributed by atoms with Gasteiger partial charge in [0.15, 0.2) is 0 Å². The van der Waals surface area contributed by atoms with E-state index in [9.17, 15) is 4.79 Å². The highest BCUT2D eigenvalue weighted by molar-refractivity contribution is 5.68. The Morgan fingerprint density at radius 3 is 2.38 bits per heavy atom. The van der Waals surface area contributed by atoms with E-state index < -0.39 is 5.60 Å². The van der Waals surface area contributed by atoms with Gasteiger partial charge in [0.2, 0.25) is 0 Å². The molecular weight excluding hydrogens is 266 g/mol. The molecule has 0 aliphatic carbocycles. The molecule has 4 fully saturated rings. The third-order valence-electron chi connectivity index (χ3n) is 4.92. The number of hydrogen-bond donors (Lipinski definition) is 1. The molecule has 0 aromatic rings. The molecule has 4 rings (SSSR count). The number of nitrogens with zero attached hydrogens (tertiary/aromatic N) is 2. The molecule has 4 aliphatic rings. The average molecular weight is 295 g/mol. The molecular formula is C16H29N3O2. The van der Waals surface area contributed by atoms with E-state index in [1.807, 2.05) is 25.7 Å². The number of amides is 1. The van der Waals surface area contributed by atoms with Crippen LogP contribution in [0.2, 0.25) is 0 Å². The number of piperazine rings is 1. The molecule has 2 bridgehead atoms. The van der Waals surface area contributed by atoms with Crippen molar-refractivity contribution >= 4 is 6.09 Å². The fourth-order valence-corrected chi connectivity index (χ4v) is 3.82. The largest absolute Gasteiger partial charge is 0.444 e. The van der Waals surface area contributed by atoms with Crippen LogP contribution in [0.3, 0.4) is 0 Å². The number of carbonyl (C=O) groups is 1. The molecule has 5 heteroatoms. The molecule has 4 aliphatic heterocycles. The molecule has 120 valence electrons. The first-order valence-corrected chi connectivity index (χ1v) is 8.37. The van der Waals surface area contributed by atoms with Crippen molar-refractivity contribution in [2.45, 2.75) is 57.7 Å². The molecule has 0 aromatic carbocycles. The number of rotatable bonds is 2. The van der Waals surface area contributed by atoms with Gasteiger partial charge >= 0.3 is 6.09 Å². The first-order valence-electron chi connectivity index (χ1n) is 8.37. The van der Waals surface area contributed by atoms with Crippen LogP contribution in [-0.2, 0) is 4.74 Å². The van der Waals surface area contributed by atoms with E-state index in [0.29, 0.717) is 12.1 Å². The molecule has 1 amide bonds. The monoisotopic (exact) mass is 295 g/mol. The Morgan fingerprint density at radius 1 is 1.19 bits per heavy atom. The zero-order valence-corrected chi connectivity index (χ0v) is 13.6. The van der Waals surface area contributed by atoms with E-state index in [2.05, 4.69) is 10.2 Å². The Labute approximate surface area is 128 Å². The van der Waals surface area contributed by atoms with Crippen LogP contribution in [0.1, 0.15) is 40.0 Å². The summed E-state index contributed by atoms with van der Waals surface area (Å²) in [5.74, 6) is 0.838. The molecule has 5 nitrogen and oxygen atoms in total. The van der Waals surface area contributed by atoms with Gasteiger partial charge in [-0.2, -0.15) is 0 Å². The first kappa shape index (κ1) is 15.1. The summed E-state index contributed by atoms with van der Waals surface area (Å²) in [4.78, 5) is 16.7. The summed E-state index contributed by atoms with van der Waals surface area (Å²) in [5, 5.41) is 3.43. The quantitative estimate of drug-likeness (QED) is 0.842. The van der Waals surface area contributed by atoms with Gasteiger partial charge in [0.05, 0.1) is 0 Å². The summed E-state index contributed by atoms with van der Waals surface area (Å²) in [5.41, 5.74) is -0.395. The Hall–Kier alpha value is -0.810. The molecule has 1 N–H and O–H groups in total. The van der Waals surface area contributed by atoms with Crippen LogP contribution in [0.4, 0.5) is 4.79 Å². The fraction of sp³-hybridized carbons (Fsp3) is 0.938. The van der Waals surface area contributed by atoms with Crippen molar-refractivity contribution in [3.63, 3.8) is 0 Å². The normalized spacial score (nSPS) is 30.9. The molecule has 4 heterocycles. The van der Waals surface area contributed by atoms with Gasteiger partial charge in [-0.3, -0.25) is 4.90 Å². The maximum atomic E-state index is 12.2. The van der Waals surface area contributed by atoms with Crippen LogP contribution >= 0.6 is 0 Å². The third kappa shape index (κ3) is 3.51. The van der Waals surface area contributed by atoms with E-state index in [1.165, 1.54) is 25.8 Å². The summed E-state index contributed by atoms with van der Waals surface area (Å²) >= 11 is 0. The van der Waals surface area contributed by atoms with Gasteiger partial charge in [0, 0.05) is 31.7 Å². The predicted molar refractivity (Wildman–Crippen MR) is 82.3 cm³/mol. The summed E-state index contributed by atoms with van der Waals surface area (Å²) in [7, 11) is 0. The lowest BCUT2D eigenvalue weighted by molar-refractivity contribution is -0.0811. The first-order chi connectivity index (χ1) is 9.92. The highest BCUT2D eigenvalue weighted by Gasteiger charge is 2.46. The summed E-state index contributed by atoms with van der Waals surface area (Å²) in [6, 6.07) is 1.12. The highest BCUT2D eigenvalue weighted by Crippen LogP contribution is 2.34. The summed E-state index contributed by atoms with van der Waals surface area (Å²) in [6.07, 6.45) is 3.71. The minimum Gasteiger partial charge on any atom is -0.444 e. The Balaban J connectivity index is 1.49. The van der Waals surface area contributed by atoms with Crippen molar-refractivity contribution in [2.24, 2.45) is 5.92 Å². The lowest BCUT2D eigenvalue weighted by Crippen LogP contribution is -2.70. The van der Waals surface area contributed by atoms with Crippen LogP contribution in [0.5, 0.6) is 0 Å². The number of fused-ring (bicyclic) bond motifs is 2. The van der Waals surface area contributed by atoms with E-state index in [0.717, 1.165) is 32.1 Å². The van der Waals surface area contributed by atoms with Crippen molar-refractivity contribution in [1.29, 1.82) is 0 Å². The second kappa shape index (κ2) is 5.76. The number of nitrogens with one attached hydrogen (secondary N) is 1. The van der Waals surface area contributed by atoms with Gasteiger partial charge < -0.3 is 15.0 Å². The standard InChI is InChI=1S/C16H29N3O2/c1-16(2,3)21-15(20)18-10-13-8-14(11-18)19(13)9-12-4-6-17-7-5-12/h12-14,17H,4-11H2,1-3H3. The van der Waals surface area contributed by atoms with Crippen LogP contribution in [0, 0.1) is 5.92 Å². The Bertz CT molecular complexity index is 375. The van der Waals surface area contributed by atoms with Gasteiger partial charge in [-0.05, 0) is 59.0 Å². The van der Waals surface area contributed by atoms with Gasteiger partial charge in [-0.1, -0.05) is 0 Å².